The van der Waals surface area contributed by atoms with Gasteiger partial charge in [-0.2, -0.15) is 0 Å². The van der Waals surface area contributed by atoms with Crippen LogP contribution in [0.25, 0.3) is 11.0 Å². The fourth-order valence-corrected chi connectivity index (χ4v) is 3.07. The van der Waals surface area contributed by atoms with Crippen LogP contribution in [0.5, 0.6) is 5.75 Å². The van der Waals surface area contributed by atoms with Crippen LogP contribution in [0, 0.1) is 12.7 Å². The first-order valence-electron chi connectivity index (χ1n) is 6.13. The van der Waals surface area contributed by atoms with E-state index >= 15 is 0 Å². The highest BCUT2D eigenvalue weighted by atomic mass is 32.1. The van der Waals surface area contributed by atoms with Crippen molar-refractivity contribution >= 4 is 28.3 Å². The number of hydrogen-bond donors (Lipinski definition) is 1. The number of nitrogens with two attached hydrogens (primary N) is 1. The SMILES string of the molecule is COc1cc2c(cc1F)nc(N)n2Cc1ccc(C)s1. The molecule has 4 nitrogen and oxygen atoms in total. The van der Waals surface area contributed by atoms with Crippen molar-refractivity contribution in [1.82, 2.24) is 9.55 Å². The van der Waals surface area contributed by atoms with Crippen molar-refractivity contribution in [1.29, 1.82) is 0 Å². The molecule has 0 saturated carbocycles. The molecule has 0 radical (unpaired) electrons. The zero-order valence-electron chi connectivity index (χ0n) is 11.2. The second kappa shape index (κ2) is 4.79. The lowest BCUT2D eigenvalue weighted by Gasteiger charge is -2.06. The molecule has 0 unspecified atom stereocenters. The van der Waals surface area contributed by atoms with E-state index in [0.29, 0.717) is 18.0 Å². The molecule has 3 rings (SSSR count). The van der Waals surface area contributed by atoms with Crippen molar-refractivity contribution in [2.45, 2.75) is 13.5 Å². The third-order valence-electron chi connectivity index (χ3n) is 3.16. The molecule has 0 fully saturated rings. The maximum Gasteiger partial charge on any atom is 0.201 e. The number of anilines is 1. The van der Waals surface area contributed by atoms with E-state index in [2.05, 4.69) is 24.0 Å². The summed E-state index contributed by atoms with van der Waals surface area (Å²) >= 11 is 1.71. The quantitative estimate of drug-likeness (QED) is 0.806. The Morgan fingerprint density at radius 3 is 2.85 bits per heavy atom. The lowest BCUT2D eigenvalue weighted by molar-refractivity contribution is 0.387. The number of hydrogen-bond acceptors (Lipinski definition) is 4. The highest BCUT2D eigenvalue weighted by Gasteiger charge is 2.13. The first kappa shape index (κ1) is 12.9. The van der Waals surface area contributed by atoms with Crippen LogP contribution in [-0.4, -0.2) is 16.7 Å². The number of methoxy groups -OCH3 is 1. The maximum atomic E-state index is 13.7. The molecule has 0 aliphatic carbocycles. The molecule has 3 aromatic rings. The van der Waals surface area contributed by atoms with E-state index in [9.17, 15) is 4.39 Å². The van der Waals surface area contributed by atoms with Gasteiger partial charge in [-0.05, 0) is 19.1 Å². The Balaban J connectivity index is 2.11. The molecule has 20 heavy (non-hydrogen) atoms. The van der Waals surface area contributed by atoms with E-state index in [1.165, 1.54) is 22.9 Å². The van der Waals surface area contributed by atoms with Gasteiger partial charge in [0, 0.05) is 21.9 Å². The zero-order valence-corrected chi connectivity index (χ0v) is 12.0. The minimum atomic E-state index is -0.434. The van der Waals surface area contributed by atoms with Crippen LogP contribution in [-0.2, 0) is 6.54 Å². The molecule has 0 amide bonds. The number of nitrogen functional groups attached to an aromatic ring is 1. The molecule has 0 bridgehead atoms. The first-order valence-corrected chi connectivity index (χ1v) is 6.94. The third-order valence-corrected chi connectivity index (χ3v) is 4.15. The number of aromatic nitrogens is 2. The molecule has 0 spiro atoms. The molecular weight excluding hydrogens is 277 g/mol. The smallest absolute Gasteiger partial charge is 0.201 e. The van der Waals surface area contributed by atoms with Crippen molar-refractivity contribution in [2.24, 2.45) is 0 Å². The maximum absolute atomic E-state index is 13.7. The summed E-state index contributed by atoms with van der Waals surface area (Å²) in [4.78, 5) is 6.62. The Kier molecular flexibility index (Phi) is 3.10. The van der Waals surface area contributed by atoms with Gasteiger partial charge in [-0.1, -0.05) is 0 Å². The standard InChI is InChI=1S/C14H14FN3OS/c1-8-3-4-9(20-8)7-18-12-6-13(19-2)10(15)5-11(12)17-14(18)16/h3-6H,7H2,1-2H3,(H2,16,17). The van der Waals surface area contributed by atoms with Crippen LogP contribution >= 0.6 is 11.3 Å². The molecule has 0 atom stereocenters. The minimum absolute atomic E-state index is 0.195. The highest BCUT2D eigenvalue weighted by Crippen LogP contribution is 2.28. The van der Waals surface area contributed by atoms with Gasteiger partial charge in [0.25, 0.3) is 0 Å². The molecule has 104 valence electrons. The lowest BCUT2D eigenvalue weighted by atomic mass is 10.3. The Morgan fingerprint density at radius 1 is 1.40 bits per heavy atom. The van der Waals surface area contributed by atoms with Gasteiger partial charge in [0.05, 0.1) is 24.7 Å². The molecule has 2 heterocycles. The van der Waals surface area contributed by atoms with Crippen molar-refractivity contribution in [3.8, 4) is 5.75 Å². The van der Waals surface area contributed by atoms with Gasteiger partial charge in [-0.3, -0.25) is 0 Å². The average Bonchev–Trinajstić information content (AvgIpc) is 2.94. The predicted octanol–water partition coefficient (Wildman–Crippen LogP) is 3.18. The second-order valence-electron chi connectivity index (χ2n) is 4.54. The van der Waals surface area contributed by atoms with Gasteiger partial charge >= 0.3 is 0 Å². The molecule has 6 heteroatoms. The van der Waals surface area contributed by atoms with Crippen LogP contribution in [0.4, 0.5) is 10.3 Å². The minimum Gasteiger partial charge on any atom is -0.494 e. The van der Waals surface area contributed by atoms with Gasteiger partial charge in [0.2, 0.25) is 5.95 Å². The van der Waals surface area contributed by atoms with E-state index in [1.54, 1.807) is 17.4 Å². The number of imidazole rings is 1. The number of nitrogens with zero attached hydrogens (tertiary/aromatic N) is 2. The molecule has 0 aliphatic heterocycles. The summed E-state index contributed by atoms with van der Waals surface area (Å²) in [5.74, 6) is 0.135. The van der Waals surface area contributed by atoms with E-state index in [4.69, 9.17) is 10.5 Å². The molecule has 2 N–H and O–H groups in total. The van der Waals surface area contributed by atoms with Gasteiger partial charge in [0.15, 0.2) is 11.6 Å². The average molecular weight is 291 g/mol. The summed E-state index contributed by atoms with van der Waals surface area (Å²) < 4.78 is 20.6. The number of thiophene rings is 1. The molecule has 0 aliphatic rings. The molecule has 0 saturated heterocycles. The van der Waals surface area contributed by atoms with Crippen molar-refractivity contribution in [2.75, 3.05) is 12.8 Å². The van der Waals surface area contributed by atoms with Gasteiger partial charge in [0.1, 0.15) is 0 Å². The van der Waals surface area contributed by atoms with Crippen LogP contribution in [0.2, 0.25) is 0 Å². The number of ether oxygens (including phenoxy) is 1. The molecule has 1 aromatic carbocycles. The molecular formula is C14H14FN3OS. The summed E-state index contributed by atoms with van der Waals surface area (Å²) in [5.41, 5.74) is 7.25. The van der Waals surface area contributed by atoms with Gasteiger partial charge < -0.3 is 15.0 Å². The number of aryl methyl sites for hydroxylation is 1. The van der Waals surface area contributed by atoms with Crippen LogP contribution in [0.3, 0.4) is 0 Å². The van der Waals surface area contributed by atoms with Crippen molar-refractivity contribution in [3.05, 3.63) is 39.8 Å². The summed E-state index contributed by atoms with van der Waals surface area (Å²) in [6.45, 7) is 2.68. The largest absolute Gasteiger partial charge is 0.494 e. The predicted molar refractivity (Wildman–Crippen MR) is 78.8 cm³/mol. The number of halogens is 1. The fraction of sp³-hybridized carbons (Fsp3) is 0.214. The van der Waals surface area contributed by atoms with Crippen LogP contribution in [0.1, 0.15) is 9.75 Å². The van der Waals surface area contributed by atoms with Gasteiger partial charge in [-0.25, -0.2) is 9.37 Å². The Labute approximate surface area is 119 Å². The normalized spacial score (nSPS) is 11.2. The fourth-order valence-electron chi connectivity index (χ4n) is 2.19. The summed E-state index contributed by atoms with van der Waals surface area (Å²) in [7, 11) is 1.44. The van der Waals surface area contributed by atoms with E-state index in [1.807, 2.05) is 4.57 Å². The zero-order chi connectivity index (χ0) is 14.3. The number of benzene rings is 1. The summed E-state index contributed by atoms with van der Waals surface area (Å²) in [6.07, 6.45) is 0. The molecule has 2 aromatic heterocycles. The summed E-state index contributed by atoms with van der Waals surface area (Å²) in [6, 6.07) is 7.11. The first-order chi connectivity index (χ1) is 9.58. The topological polar surface area (TPSA) is 53.1 Å². The van der Waals surface area contributed by atoms with Crippen molar-refractivity contribution < 1.29 is 9.13 Å². The van der Waals surface area contributed by atoms with E-state index in [-0.39, 0.29) is 5.75 Å². The van der Waals surface area contributed by atoms with Crippen molar-refractivity contribution in [3.63, 3.8) is 0 Å². The Bertz CT molecular complexity index is 778. The van der Waals surface area contributed by atoms with Gasteiger partial charge in [-0.15, -0.1) is 11.3 Å². The Morgan fingerprint density at radius 2 is 2.20 bits per heavy atom. The van der Waals surface area contributed by atoms with E-state index in [0.717, 1.165) is 5.52 Å². The lowest BCUT2D eigenvalue weighted by Crippen LogP contribution is -2.03. The number of rotatable bonds is 3. The number of fused-ring (bicyclic) bond motifs is 1. The summed E-state index contributed by atoms with van der Waals surface area (Å²) in [5, 5.41) is 0. The monoisotopic (exact) mass is 291 g/mol. The third kappa shape index (κ3) is 2.12. The Hall–Kier alpha value is -2.08. The van der Waals surface area contributed by atoms with Crippen LogP contribution < -0.4 is 10.5 Å². The van der Waals surface area contributed by atoms with E-state index < -0.39 is 5.82 Å². The van der Waals surface area contributed by atoms with Crippen LogP contribution in [0.15, 0.2) is 24.3 Å². The highest BCUT2D eigenvalue weighted by molar-refractivity contribution is 7.11. The second-order valence-corrected chi connectivity index (χ2v) is 5.92.